The molecule has 2 unspecified atom stereocenters. The Morgan fingerprint density at radius 1 is 1.40 bits per heavy atom. The van der Waals surface area contributed by atoms with Crippen molar-refractivity contribution >= 4 is 46.9 Å². The maximum absolute atomic E-state index is 13.0. The lowest BCUT2D eigenvalue weighted by molar-refractivity contribution is -0.194. The van der Waals surface area contributed by atoms with Gasteiger partial charge in [-0.1, -0.05) is 6.07 Å². The van der Waals surface area contributed by atoms with Crippen molar-refractivity contribution in [1.82, 2.24) is 10.2 Å². The third-order valence-corrected chi connectivity index (χ3v) is 6.96. The van der Waals surface area contributed by atoms with Crippen LogP contribution in [0.5, 0.6) is 0 Å². The van der Waals surface area contributed by atoms with E-state index in [4.69, 9.17) is 14.2 Å². The van der Waals surface area contributed by atoms with Gasteiger partial charge in [-0.2, -0.15) is 0 Å². The maximum atomic E-state index is 13.0. The minimum atomic E-state index is -1.73. The largest absolute Gasteiger partial charge is 0.477 e. The first-order valence-corrected chi connectivity index (χ1v) is 10.7. The van der Waals surface area contributed by atoms with Gasteiger partial charge in [-0.05, 0) is 11.4 Å². The lowest BCUT2D eigenvalue weighted by Crippen LogP contribution is -2.81. The van der Waals surface area contributed by atoms with E-state index >= 15 is 0 Å². The van der Waals surface area contributed by atoms with Crippen molar-refractivity contribution in [2.45, 2.75) is 24.1 Å². The number of nitrogens with zero attached hydrogens (tertiary/aromatic N) is 1. The number of thioether (sulfide) groups is 1. The summed E-state index contributed by atoms with van der Waals surface area (Å²) in [7, 11) is 2.64. The molecule has 12 heteroatoms. The molecule has 1 aromatic heterocycles. The molecule has 1 fully saturated rings. The molecule has 0 bridgehead atoms. The van der Waals surface area contributed by atoms with Crippen LogP contribution in [0.4, 0.5) is 0 Å². The van der Waals surface area contributed by atoms with E-state index in [9.17, 15) is 24.3 Å². The summed E-state index contributed by atoms with van der Waals surface area (Å²) in [5.41, 5.74) is -1.71. The number of carbonyl (C=O) groups is 4. The number of nitrogens with one attached hydrogen (secondary N) is 1. The molecule has 0 aromatic carbocycles. The number of β-lactam (4-membered cyclic amide) rings is 1. The van der Waals surface area contributed by atoms with Crippen LogP contribution in [0.2, 0.25) is 0 Å². The van der Waals surface area contributed by atoms with Gasteiger partial charge < -0.3 is 24.6 Å². The molecule has 162 valence electrons. The lowest BCUT2D eigenvalue weighted by Gasteiger charge is -2.55. The van der Waals surface area contributed by atoms with Crippen molar-refractivity contribution in [3.8, 4) is 0 Å². The first kappa shape index (κ1) is 22.3. The highest BCUT2D eigenvalue weighted by Gasteiger charge is 2.67. The number of rotatable bonds is 8. The van der Waals surface area contributed by atoms with E-state index < -0.39 is 41.0 Å². The van der Waals surface area contributed by atoms with E-state index in [2.05, 4.69) is 5.32 Å². The van der Waals surface area contributed by atoms with Crippen LogP contribution in [0.3, 0.4) is 0 Å². The topological polar surface area (TPSA) is 131 Å². The number of hydrogen-bond donors (Lipinski definition) is 2. The molecule has 0 aliphatic carbocycles. The highest BCUT2D eigenvalue weighted by atomic mass is 32.2. The smallest absolute Gasteiger partial charge is 0.352 e. The number of aliphatic carboxylic acids is 1. The summed E-state index contributed by atoms with van der Waals surface area (Å²) >= 11 is 2.53. The van der Waals surface area contributed by atoms with E-state index in [1.807, 2.05) is 0 Å². The summed E-state index contributed by atoms with van der Waals surface area (Å²) < 4.78 is 15.6. The molecule has 0 spiro atoms. The Morgan fingerprint density at radius 2 is 2.13 bits per heavy atom. The van der Waals surface area contributed by atoms with Gasteiger partial charge in [-0.25, -0.2) is 4.79 Å². The lowest BCUT2D eigenvalue weighted by atomic mass is 9.97. The van der Waals surface area contributed by atoms with Crippen LogP contribution in [0.1, 0.15) is 17.9 Å². The standard InChI is InChI=1S/C18H20N2O8S2/c1-9(21)28-7-10-8-30-17-18(27-3,16(25)20(17)12(10)15(23)24)19-14(22)13(26-2)11-5-4-6-29-11/h4-6,13,17H,7-8H2,1-3H3,(H,19,22)(H,23,24)/t13-,17?,18?/m1/s1. The normalized spacial score (nSPS) is 24.0. The molecule has 2 aliphatic heterocycles. The molecule has 2 amide bonds. The molecule has 10 nitrogen and oxygen atoms in total. The number of esters is 1. The zero-order valence-corrected chi connectivity index (χ0v) is 18.0. The number of ether oxygens (including phenoxy) is 3. The van der Waals surface area contributed by atoms with Crippen molar-refractivity contribution < 1.29 is 38.5 Å². The Morgan fingerprint density at radius 3 is 2.67 bits per heavy atom. The fourth-order valence-corrected chi connectivity index (χ4v) is 5.50. The molecule has 1 aromatic rings. The Bertz CT molecular complexity index is 900. The van der Waals surface area contributed by atoms with Crippen LogP contribution in [0, 0.1) is 0 Å². The number of carboxylic acid groups (broad SMARTS) is 1. The quantitative estimate of drug-likeness (QED) is 0.330. The summed E-state index contributed by atoms with van der Waals surface area (Å²) in [5.74, 6) is -3.02. The fraction of sp³-hybridized carbons (Fsp3) is 0.444. The van der Waals surface area contributed by atoms with Gasteiger partial charge in [0.15, 0.2) is 6.10 Å². The maximum Gasteiger partial charge on any atom is 0.352 e. The zero-order chi connectivity index (χ0) is 22.1. The molecule has 2 N–H and O–H groups in total. The molecule has 1 saturated heterocycles. The Kier molecular flexibility index (Phi) is 6.50. The molecule has 2 aliphatic rings. The first-order valence-electron chi connectivity index (χ1n) is 8.74. The van der Waals surface area contributed by atoms with Crippen LogP contribution in [0.25, 0.3) is 0 Å². The molecule has 0 radical (unpaired) electrons. The number of hydrogen-bond acceptors (Lipinski definition) is 9. The van der Waals surface area contributed by atoms with Gasteiger partial charge in [-0.15, -0.1) is 23.1 Å². The Labute approximate surface area is 180 Å². The number of carbonyl (C=O) groups excluding carboxylic acids is 3. The third-order valence-electron chi connectivity index (χ3n) is 4.67. The molecular formula is C18H20N2O8S2. The molecule has 30 heavy (non-hydrogen) atoms. The Hall–Kier alpha value is -2.41. The van der Waals surface area contributed by atoms with Crippen molar-refractivity contribution in [2.24, 2.45) is 0 Å². The van der Waals surface area contributed by atoms with Crippen molar-refractivity contribution in [3.05, 3.63) is 33.7 Å². The van der Waals surface area contributed by atoms with E-state index in [1.54, 1.807) is 17.5 Å². The van der Waals surface area contributed by atoms with E-state index in [-0.39, 0.29) is 23.6 Å². The Balaban J connectivity index is 1.86. The van der Waals surface area contributed by atoms with Gasteiger partial charge in [0.25, 0.3) is 17.5 Å². The van der Waals surface area contributed by atoms with Crippen LogP contribution in [-0.4, -0.2) is 71.4 Å². The molecule has 3 heterocycles. The van der Waals surface area contributed by atoms with Gasteiger partial charge >= 0.3 is 11.9 Å². The minimum Gasteiger partial charge on any atom is -0.477 e. The van der Waals surface area contributed by atoms with Crippen molar-refractivity contribution in [3.63, 3.8) is 0 Å². The second-order valence-corrected chi connectivity index (χ2v) is 8.48. The van der Waals surface area contributed by atoms with Crippen LogP contribution < -0.4 is 5.32 Å². The van der Waals surface area contributed by atoms with Gasteiger partial charge in [0.1, 0.15) is 17.7 Å². The average Bonchev–Trinajstić information content (AvgIpc) is 3.24. The summed E-state index contributed by atoms with van der Waals surface area (Å²) in [4.78, 5) is 50.5. The van der Waals surface area contributed by atoms with Crippen molar-refractivity contribution in [2.75, 3.05) is 26.6 Å². The average molecular weight is 456 g/mol. The van der Waals surface area contributed by atoms with E-state index in [0.29, 0.717) is 4.88 Å². The number of methoxy groups -OCH3 is 2. The highest BCUT2D eigenvalue weighted by Crippen LogP contribution is 2.47. The van der Waals surface area contributed by atoms with Gasteiger partial charge in [0.05, 0.1) is 0 Å². The summed E-state index contributed by atoms with van der Waals surface area (Å²) in [5, 5.41) is 13.2. The number of fused-ring (bicyclic) bond motifs is 1. The van der Waals surface area contributed by atoms with Crippen LogP contribution >= 0.6 is 23.1 Å². The first-order chi connectivity index (χ1) is 14.3. The van der Waals surface area contributed by atoms with Crippen molar-refractivity contribution in [1.29, 1.82) is 0 Å². The SMILES string of the molecule is CO[C@@H](C(=O)NC1(OC)C(=O)N2C(C(=O)O)=C(COC(C)=O)CSC21)c1cccs1. The molecular weight excluding hydrogens is 436 g/mol. The summed E-state index contributed by atoms with van der Waals surface area (Å²) in [6.45, 7) is 0.969. The predicted octanol–water partition coefficient (Wildman–Crippen LogP) is 0.711. The molecule has 3 atom stereocenters. The zero-order valence-electron chi connectivity index (χ0n) is 16.4. The molecule has 3 rings (SSSR count). The second-order valence-electron chi connectivity index (χ2n) is 6.44. The van der Waals surface area contributed by atoms with Crippen LogP contribution in [-0.2, 0) is 33.4 Å². The minimum absolute atomic E-state index is 0.184. The van der Waals surface area contributed by atoms with E-state index in [0.717, 1.165) is 4.90 Å². The number of carboxylic acids is 1. The van der Waals surface area contributed by atoms with Gasteiger partial charge in [0.2, 0.25) is 0 Å². The monoisotopic (exact) mass is 456 g/mol. The van der Waals surface area contributed by atoms with Gasteiger partial charge in [0, 0.05) is 37.3 Å². The summed E-state index contributed by atoms with van der Waals surface area (Å²) in [6.07, 6.45) is -0.943. The van der Waals surface area contributed by atoms with E-state index in [1.165, 1.54) is 44.2 Å². The number of thiophene rings is 1. The summed E-state index contributed by atoms with van der Waals surface area (Å²) in [6, 6.07) is 3.50. The fourth-order valence-electron chi connectivity index (χ4n) is 3.28. The third kappa shape index (κ3) is 3.71. The highest BCUT2D eigenvalue weighted by molar-refractivity contribution is 8.00. The molecule has 0 saturated carbocycles. The predicted molar refractivity (Wildman–Crippen MR) is 106 cm³/mol. The second kappa shape index (κ2) is 8.76. The van der Waals surface area contributed by atoms with Gasteiger partial charge in [-0.3, -0.25) is 19.3 Å². The van der Waals surface area contributed by atoms with Crippen LogP contribution in [0.15, 0.2) is 28.8 Å². The number of amides is 2.